The average molecular weight is 500 g/mol. The van der Waals surface area contributed by atoms with E-state index in [-0.39, 0.29) is 5.91 Å². The predicted molar refractivity (Wildman–Crippen MR) is 152 cm³/mol. The Hall–Kier alpha value is -3.31. The van der Waals surface area contributed by atoms with E-state index in [1.165, 1.54) is 16.8 Å². The molecule has 2 atom stereocenters. The first-order chi connectivity index (χ1) is 17.8. The summed E-state index contributed by atoms with van der Waals surface area (Å²) in [6, 6.07) is 27.0. The molecule has 5 nitrogen and oxygen atoms in total. The third-order valence-corrected chi connectivity index (χ3v) is 7.25. The van der Waals surface area contributed by atoms with E-state index in [0.717, 1.165) is 44.0 Å². The number of methoxy groups -OCH3 is 1. The zero-order chi connectivity index (χ0) is 26.4. The molecule has 0 saturated carbocycles. The van der Waals surface area contributed by atoms with Gasteiger partial charge in [0.1, 0.15) is 5.75 Å². The summed E-state index contributed by atoms with van der Waals surface area (Å²) in [5, 5.41) is 0. The Bertz CT molecular complexity index is 1140. The van der Waals surface area contributed by atoms with Gasteiger partial charge in [-0.2, -0.15) is 0 Å². The molecule has 3 aromatic rings. The lowest BCUT2D eigenvalue weighted by Crippen LogP contribution is -2.39. The number of likely N-dealkylation sites (tertiary alicyclic amines) is 1. The second kappa shape index (κ2) is 12.3. The van der Waals surface area contributed by atoms with E-state index in [1.54, 1.807) is 7.11 Å². The summed E-state index contributed by atoms with van der Waals surface area (Å²) in [5.41, 5.74) is 4.57. The number of rotatable bonds is 10. The maximum Gasteiger partial charge on any atom is 0.253 e. The van der Waals surface area contributed by atoms with Gasteiger partial charge in [0, 0.05) is 64.0 Å². The topological polar surface area (TPSA) is 36.0 Å². The second-order valence-electron chi connectivity index (χ2n) is 10.9. The summed E-state index contributed by atoms with van der Waals surface area (Å²) < 4.78 is 5.55. The Morgan fingerprint density at radius 3 is 2.35 bits per heavy atom. The summed E-state index contributed by atoms with van der Waals surface area (Å²) in [6.07, 6.45) is 0. The number of ether oxygens (including phenoxy) is 1. The fourth-order valence-corrected chi connectivity index (χ4v) is 5.41. The van der Waals surface area contributed by atoms with Gasteiger partial charge in [0.15, 0.2) is 0 Å². The zero-order valence-electron chi connectivity index (χ0n) is 22.9. The minimum absolute atomic E-state index is 0.122. The molecule has 37 heavy (non-hydrogen) atoms. The number of hydrogen-bond donors (Lipinski definition) is 0. The van der Waals surface area contributed by atoms with Gasteiger partial charge in [-0.3, -0.25) is 9.69 Å². The lowest BCUT2D eigenvalue weighted by molar-refractivity contribution is 0.0703. The van der Waals surface area contributed by atoms with Crippen molar-refractivity contribution >= 4 is 11.6 Å². The first-order valence-electron chi connectivity index (χ1n) is 13.3. The first kappa shape index (κ1) is 26.7. The fraction of sp³-hybridized carbons (Fsp3) is 0.406. The largest absolute Gasteiger partial charge is 0.497 e. The number of benzene rings is 3. The van der Waals surface area contributed by atoms with E-state index in [9.17, 15) is 4.79 Å². The Kier molecular flexibility index (Phi) is 8.88. The average Bonchev–Trinajstić information content (AvgIpc) is 3.30. The molecule has 0 aliphatic carbocycles. The maximum absolute atomic E-state index is 13.6. The third kappa shape index (κ3) is 6.92. The zero-order valence-corrected chi connectivity index (χ0v) is 22.9. The highest BCUT2D eigenvalue weighted by Gasteiger charge is 2.36. The van der Waals surface area contributed by atoms with Crippen LogP contribution in [0.4, 0.5) is 5.69 Å². The molecule has 1 fully saturated rings. The lowest BCUT2D eigenvalue weighted by Gasteiger charge is -2.30. The van der Waals surface area contributed by atoms with Gasteiger partial charge in [0.2, 0.25) is 0 Å². The van der Waals surface area contributed by atoms with E-state index in [4.69, 9.17) is 4.74 Å². The van der Waals surface area contributed by atoms with E-state index in [1.807, 2.05) is 36.4 Å². The molecule has 4 rings (SSSR count). The van der Waals surface area contributed by atoms with Crippen molar-refractivity contribution in [3.8, 4) is 5.75 Å². The van der Waals surface area contributed by atoms with Gasteiger partial charge in [-0.25, -0.2) is 0 Å². The summed E-state index contributed by atoms with van der Waals surface area (Å²) in [5.74, 6) is 2.06. The molecule has 0 bridgehead atoms. The van der Waals surface area contributed by atoms with Crippen LogP contribution in [0.5, 0.6) is 5.75 Å². The van der Waals surface area contributed by atoms with Crippen molar-refractivity contribution in [1.82, 2.24) is 9.80 Å². The Labute approximate surface area is 222 Å². The molecule has 1 aliphatic rings. The molecule has 0 aromatic heterocycles. The highest BCUT2D eigenvalue weighted by atomic mass is 16.5. The molecule has 0 radical (unpaired) electrons. The van der Waals surface area contributed by atoms with Crippen LogP contribution in [0.15, 0.2) is 78.9 Å². The molecule has 0 spiro atoms. The number of hydrogen-bond acceptors (Lipinski definition) is 4. The lowest BCUT2D eigenvalue weighted by atomic mass is 9.88. The van der Waals surface area contributed by atoms with Crippen LogP contribution < -0.4 is 9.64 Å². The van der Waals surface area contributed by atoms with Gasteiger partial charge >= 0.3 is 0 Å². The molecular weight excluding hydrogens is 458 g/mol. The maximum atomic E-state index is 13.6. The predicted octanol–water partition coefficient (Wildman–Crippen LogP) is 5.78. The standard InChI is InChI=1S/C32H41N3O2/c1-24(2)19-35(32(36)26-10-7-6-8-11-26)22-28-21-34(20-25-14-16-29(17-15-25)33(3)4)23-31(28)27-12-9-13-30(18-27)37-5/h6-18,24,28,31H,19-23H2,1-5H3. The normalized spacial score (nSPS) is 17.7. The molecule has 1 amide bonds. The van der Waals surface area contributed by atoms with Crippen molar-refractivity contribution < 1.29 is 9.53 Å². The van der Waals surface area contributed by atoms with Crippen LogP contribution in [-0.4, -0.2) is 63.1 Å². The van der Waals surface area contributed by atoms with Gasteiger partial charge in [-0.05, 0) is 59.4 Å². The molecule has 1 saturated heterocycles. The fourth-order valence-electron chi connectivity index (χ4n) is 5.41. The third-order valence-electron chi connectivity index (χ3n) is 7.25. The molecule has 2 unspecified atom stereocenters. The van der Waals surface area contributed by atoms with Crippen LogP contribution >= 0.6 is 0 Å². The van der Waals surface area contributed by atoms with Crippen molar-refractivity contribution in [3.05, 3.63) is 95.6 Å². The van der Waals surface area contributed by atoms with Gasteiger partial charge in [0.05, 0.1) is 7.11 Å². The molecule has 196 valence electrons. The number of carbonyl (C=O) groups is 1. The Morgan fingerprint density at radius 1 is 0.973 bits per heavy atom. The Morgan fingerprint density at radius 2 is 1.70 bits per heavy atom. The van der Waals surface area contributed by atoms with Crippen LogP contribution in [0.25, 0.3) is 0 Å². The summed E-state index contributed by atoms with van der Waals surface area (Å²) in [6.45, 7) is 8.68. The van der Waals surface area contributed by atoms with Crippen molar-refractivity contribution in [2.24, 2.45) is 11.8 Å². The number of nitrogens with zero attached hydrogens (tertiary/aromatic N) is 3. The number of anilines is 1. The minimum Gasteiger partial charge on any atom is -0.497 e. The quantitative estimate of drug-likeness (QED) is 0.355. The van der Waals surface area contributed by atoms with E-state index < -0.39 is 0 Å². The first-order valence-corrected chi connectivity index (χ1v) is 13.3. The molecule has 0 N–H and O–H groups in total. The molecule has 3 aromatic carbocycles. The van der Waals surface area contributed by atoms with Gasteiger partial charge in [-0.1, -0.05) is 56.3 Å². The van der Waals surface area contributed by atoms with Gasteiger partial charge in [-0.15, -0.1) is 0 Å². The molecule has 5 heteroatoms. The summed E-state index contributed by atoms with van der Waals surface area (Å²) >= 11 is 0. The van der Waals surface area contributed by atoms with Crippen molar-refractivity contribution in [2.75, 3.05) is 52.3 Å². The van der Waals surface area contributed by atoms with Crippen LogP contribution in [0.3, 0.4) is 0 Å². The van der Waals surface area contributed by atoms with Gasteiger partial charge < -0.3 is 14.5 Å². The molecule has 1 heterocycles. The molecule has 1 aliphatic heterocycles. The van der Waals surface area contributed by atoms with Crippen LogP contribution in [0.1, 0.15) is 41.3 Å². The van der Waals surface area contributed by atoms with E-state index in [0.29, 0.717) is 17.8 Å². The van der Waals surface area contributed by atoms with Crippen LogP contribution in [0.2, 0.25) is 0 Å². The van der Waals surface area contributed by atoms with Crippen molar-refractivity contribution in [2.45, 2.75) is 26.3 Å². The van der Waals surface area contributed by atoms with Crippen molar-refractivity contribution in [3.63, 3.8) is 0 Å². The number of carbonyl (C=O) groups excluding carboxylic acids is 1. The van der Waals surface area contributed by atoms with Crippen molar-refractivity contribution in [1.29, 1.82) is 0 Å². The highest BCUT2D eigenvalue weighted by Crippen LogP contribution is 2.36. The van der Waals surface area contributed by atoms with Crippen LogP contribution in [-0.2, 0) is 6.54 Å². The van der Waals surface area contributed by atoms with Crippen LogP contribution in [0, 0.1) is 11.8 Å². The summed E-state index contributed by atoms with van der Waals surface area (Å²) in [7, 11) is 5.86. The summed E-state index contributed by atoms with van der Waals surface area (Å²) in [4.78, 5) is 20.3. The minimum atomic E-state index is 0.122. The number of amides is 1. The monoisotopic (exact) mass is 499 g/mol. The highest BCUT2D eigenvalue weighted by molar-refractivity contribution is 5.94. The van der Waals surface area contributed by atoms with E-state index in [2.05, 4.69) is 85.1 Å². The van der Waals surface area contributed by atoms with Gasteiger partial charge in [0.25, 0.3) is 5.91 Å². The second-order valence-corrected chi connectivity index (χ2v) is 10.9. The van der Waals surface area contributed by atoms with E-state index >= 15 is 0 Å². The Balaban J connectivity index is 1.58. The smallest absolute Gasteiger partial charge is 0.253 e. The molecular formula is C32H41N3O2. The SMILES string of the molecule is COc1cccc(C2CN(Cc3ccc(N(C)C)cc3)CC2CN(CC(C)C)C(=O)c2ccccc2)c1.